The molecule has 3 rings (SSSR count). The molecule has 0 spiro atoms. The minimum Gasteiger partial charge on any atom is -0.318 e. The van der Waals surface area contributed by atoms with Crippen molar-refractivity contribution in [2.24, 2.45) is 4.99 Å². The predicted molar refractivity (Wildman–Crippen MR) is 101 cm³/mol. The van der Waals surface area contributed by atoms with Crippen LogP contribution >= 0.6 is 24.2 Å². The Morgan fingerprint density at radius 1 is 1.04 bits per heavy atom. The molecule has 0 unspecified atom stereocenters. The van der Waals surface area contributed by atoms with E-state index in [1.54, 1.807) is 0 Å². The van der Waals surface area contributed by atoms with Gasteiger partial charge in [-0.25, -0.2) is 0 Å². The summed E-state index contributed by atoms with van der Waals surface area (Å²) in [7, 11) is 0. The van der Waals surface area contributed by atoms with Gasteiger partial charge in [0.25, 0.3) is 0 Å². The molecule has 0 saturated heterocycles. The van der Waals surface area contributed by atoms with E-state index < -0.39 is 0 Å². The van der Waals surface area contributed by atoms with E-state index in [2.05, 4.69) is 48.2 Å². The zero-order chi connectivity index (χ0) is 16.4. The first-order chi connectivity index (χ1) is 11.1. The minimum absolute atomic E-state index is 0.731. The van der Waals surface area contributed by atoms with E-state index >= 15 is 0 Å². The van der Waals surface area contributed by atoms with Gasteiger partial charge in [-0.15, -0.1) is 12.6 Å². The van der Waals surface area contributed by atoms with Crippen LogP contribution in [0.15, 0.2) is 64.5 Å². The summed E-state index contributed by atoms with van der Waals surface area (Å²) in [5.74, 6) is 0. The summed E-state index contributed by atoms with van der Waals surface area (Å²) in [4.78, 5) is 5.43. The molecule has 0 aliphatic rings. The minimum atomic E-state index is 0.731. The maximum absolute atomic E-state index is 6.12. The highest BCUT2D eigenvalue weighted by atomic mass is 35.5. The number of aromatic nitrogens is 1. The van der Waals surface area contributed by atoms with Crippen LogP contribution in [-0.4, -0.2) is 10.8 Å². The third-order valence-electron chi connectivity index (χ3n) is 3.76. The van der Waals surface area contributed by atoms with Crippen molar-refractivity contribution in [3.8, 4) is 5.69 Å². The summed E-state index contributed by atoms with van der Waals surface area (Å²) in [5.41, 5.74) is 5.28. The third kappa shape index (κ3) is 3.36. The SMILES string of the molecule is Cc1cc(C=Nc2ccccc2S)c(C)n1-c1cccc(Cl)c1. The van der Waals surface area contributed by atoms with Gasteiger partial charge < -0.3 is 4.57 Å². The van der Waals surface area contributed by atoms with Crippen LogP contribution in [-0.2, 0) is 0 Å². The average molecular weight is 341 g/mol. The Bertz CT molecular complexity index is 881. The molecular weight excluding hydrogens is 324 g/mol. The van der Waals surface area contributed by atoms with Crippen molar-refractivity contribution >= 4 is 36.1 Å². The lowest BCUT2D eigenvalue weighted by molar-refractivity contribution is 0.965. The number of halogens is 1. The number of hydrogen-bond donors (Lipinski definition) is 1. The standard InChI is InChI=1S/C19H17ClN2S/c1-13-10-15(12-21-18-8-3-4-9-19(18)23)14(2)22(13)17-7-5-6-16(20)11-17/h3-12,23H,1-2H3. The molecule has 1 heterocycles. The quantitative estimate of drug-likeness (QED) is 0.459. The van der Waals surface area contributed by atoms with Gasteiger partial charge in [-0.2, -0.15) is 0 Å². The van der Waals surface area contributed by atoms with Crippen LogP contribution in [0.2, 0.25) is 5.02 Å². The van der Waals surface area contributed by atoms with E-state index in [1.165, 1.54) is 0 Å². The number of rotatable bonds is 3. The second-order valence-corrected chi connectivity index (χ2v) is 6.31. The van der Waals surface area contributed by atoms with Crippen LogP contribution in [0, 0.1) is 13.8 Å². The van der Waals surface area contributed by atoms with Crippen LogP contribution < -0.4 is 0 Å². The van der Waals surface area contributed by atoms with E-state index in [0.29, 0.717) is 0 Å². The van der Waals surface area contributed by atoms with Crippen molar-refractivity contribution in [1.82, 2.24) is 4.57 Å². The molecule has 1 aromatic heterocycles. The van der Waals surface area contributed by atoms with Gasteiger partial charge in [0.2, 0.25) is 0 Å². The molecular formula is C19H17ClN2S. The highest BCUT2D eigenvalue weighted by Crippen LogP contribution is 2.24. The van der Waals surface area contributed by atoms with Crippen molar-refractivity contribution in [3.05, 3.63) is 76.6 Å². The monoisotopic (exact) mass is 340 g/mol. The number of nitrogens with zero attached hydrogens (tertiary/aromatic N) is 2. The van der Waals surface area contributed by atoms with Gasteiger partial charge in [-0.3, -0.25) is 4.99 Å². The summed E-state index contributed by atoms with van der Waals surface area (Å²) in [6, 6.07) is 17.8. The summed E-state index contributed by atoms with van der Waals surface area (Å²) >= 11 is 10.5. The molecule has 0 bridgehead atoms. The lowest BCUT2D eigenvalue weighted by atomic mass is 10.2. The molecule has 0 aliphatic heterocycles. The number of aliphatic imine (C=N–C) groups is 1. The zero-order valence-electron chi connectivity index (χ0n) is 13.0. The van der Waals surface area contributed by atoms with Crippen LogP contribution in [0.5, 0.6) is 0 Å². The number of aryl methyl sites for hydroxylation is 1. The first kappa shape index (κ1) is 15.9. The number of para-hydroxylation sites is 1. The normalized spacial score (nSPS) is 11.3. The zero-order valence-corrected chi connectivity index (χ0v) is 14.6. The molecule has 3 aromatic rings. The molecule has 116 valence electrons. The number of benzene rings is 2. The second kappa shape index (κ2) is 6.65. The van der Waals surface area contributed by atoms with Gasteiger partial charge in [0.05, 0.1) is 5.69 Å². The molecule has 0 amide bonds. The van der Waals surface area contributed by atoms with Gasteiger partial charge in [0.15, 0.2) is 0 Å². The number of thiol groups is 1. The topological polar surface area (TPSA) is 17.3 Å². The second-order valence-electron chi connectivity index (χ2n) is 5.39. The van der Waals surface area contributed by atoms with Crippen molar-refractivity contribution in [3.63, 3.8) is 0 Å². The van der Waals surface area contributed by atoms with Crippen molar-refractivity contribution in [1.29, 1.82) is 0 Å². The molecule has 2 aromatic carbocycles. The van der Waals surface area contributed by atoms with Gasteiger partial charge in [-0.05, 0) is 50.2 Å². The molecule has 2 nitrogen and oxygen atoms in total. The highest BCUT2D eigenvalue weighted by molar-refractivity contribution is 7.80. The summed E-state index contributed by atoms with van der Waals surface area (Å²) in [5, 5.41) is 0.731. The molecule has 0 N–H and O–H groups in total. The maximum Gasteiger partial charge on any atom is 0.0763 e. The van der Waals surface area contributed by atoms with Crippen molar-refractivity contribution in [2.45, 2.75) is 18.7 Å². The summed E-state index contributed by atoms with van der Waals surface area (Å²) in [6.45, 7) is 4.17. The van der Waals surface area contributed by atoms with Crippen molar-refractivity contribution in [2.75, 3.05) is 0 Å². The maximum atomic E-state index is 6.12. The molecule has 0 saturated carbocycles. The van der Waals surface area contributed by atoms with E-state index in [1.807, 2.05) is 48.7 Å². The van der Waals surface area contributed by atoms with Gasteiger partial charge in [-0.1, -0.05) is 29.8 Å². The lowest BCUT2D eigenvalue weighted by Crippen LogP contribution is -1.99. The largest absolute Gasteiger partial charge is 0.318 e. The fraction of sp³-hybridized carbons (Fsp3) is 0.105. The Balaban J connectivity index is 2.00. The summed E-state index contributed by atoms with van der Waals surface area (Å²) < 4.78 is 2.18. The van der Waals surface area contributed by atoms with Gasteiger partial charge in [0.1, 0.15) is 0 Å². The van der Waals surface area contributed by atoms with E-state index in [0.717, 1.165) is 38.2 Å². The van der Waals surface area contributed by atoms with Crippen molar-refractivity contribution < 1.29 is 0 Å². The Kier molecular flexibility index (Phi) is 4.60. The lowest BCUT2D eigenvalue weighted by Gasteiger charge is -2.09. The number of hydrogen-bond acceptors (Lipinski definition) is 2. The molecule has 0 atom stereocenters. The molecule has 0 radical (unpaired) electrons. The molecule has 0 fully saturated rings. The predicted octanol–water partition coefficient (Wildman–Crippen LogP) is 5.79. The third-order valence-corrected chi connectivity index (χ3v) is 4.37. The Labute approximate surface area is 146 Å². The van der Waals surface area contributed by atoms with E-state index in [-0.39, 0.29) is 0 Å². The van der Waals surface area contributed by atoms with Crippen LogP contribution in [0.25, 0.3) is 5.69 Å². The Morgan fingerprint density at radius 2 is 1.83 bits per heavy atom. The molecule has 4 heteroatoms. The molecule has 23 heavy (non-hydrogen) atoms. The smallest absolute Gasteiger partial charge is 0.0763 e. The summed E-state index contributed by atoms with van der Waals surface area (Å²) in [6.07, 6.45) is 1.89. The highest BCUT2D eigenvalue weighted by Gasteiger charge is 2.09. The van der Waals surface area contributed by atoms with Gasteiger partial charge in [0, 0.05) is 38.8 Å². The van der Waals surface area contributed by atoms with Gasteiger partial charge >= 0.3 is 0 Å². The first-order valence-corrected chi connectivity index (χ1v) is 8.16. The van der Waals surface area contributed by atoms with E-state index in [4.69, 9.17) is 11.6 Å². The Hall–Kier alpha value is -1.97. The fourth-order valence-electron chi connectivity index (χ4n) is 2.64. The molecule has 0 aliphatic carbocycles. The Morgan fingerprint density at radius 3 is 2.57 bits per heavy atom. The van der Waals surface area contributed by atoms with Crippen LogP contribution in [0.4, 0.5) is 5.69 Å². The van der Waals surface area contributed by atoms with E-state index in [9.17, 15) is 0 Å². The fourth-order valence-corrected chi connectivity index (χ4v) is 3.05. The van der Waals surface area contributed by atoms with Crippen LogP contribution in [0.3, 0.4) is 0 Å². The van der Waals surface area contributed by atoms with Crippen LogP contribution in [0.1, 0.15) is 17.0 Å². The first-order valence-electron chi connectivity index (χ1n) is 7.33. The average Bonchev–Trinajstić information content (AvgIpc) is 2.81.